The number of likely N-dealkylation sites (tertiary alicyclic amines) is 4. The lowest BCUT2D eigenvalue weighted by Crippen LogP contribution is -2.31. The Labute approximate surface area is 461 Å². The number of hydrogen-bond acceptors (Lipinski definition) is 14. The van der Waals surface area contributed by atoms with Gasteiger partial charge < -0.3 is 48.3 Å². The molecule has 77 heavy (non-hydrogen) atoms. The molecule has 5 atom stereocenters. The lowest BCUT2D eigenvalue weighted by Gasteiger charge is -2.23. The van der Waals surface area contributed by atoms with E-state index in [-0.39, 0.29) is 85.4 Å². The summed E-state index contributed by atoms with van der Waals surface area (Å²) >= 11 is 0. The molecule has 0 spiro atoms. The summed E-state index contributed by atoms with van der Waals surface area (Å²) in [6, 6.07) is 0. The highest BCUT2D eigenvalue weighted by Gasteiger charge is 2.38. The molecule has 20 nitrogen and oxygen atoms in total. The van der Waals surface area contributed by atoms with Crippen molar-refractivity contribution >= 4 is 55.3 Å². The molecule has 4 fully saturated rings. The van der Waals surface area contributed by atoms with Crippen LogP contribution < -0.4 is 0 Å². The number of esters is 4. The normalized spacial score (nSPS) is 19.6. The van der Waals surface area contributed by atoms with Gasteiger partial charge in [0.05, 0.1) is 58.7 Å². The molecule has 2 N–H and O–H groups in total. The van der Waals surface area contributed by atoms with Crippen LogP contribution in [0.4, 0.5) is 0 Å². The van der Waals surface area contributed by atoms with Crippen LogP contribution in [-0.2, 0) is 66.4 Å². The predicted octanol–water partition coefficient (Wildman–Crippen LogP) is 8.27. The summed E-state index contributed by atoms with van der Waals surface area (Å²) in [5.74, 6) is -1.50. The maximum Gasteiger partial charge on any atom is 0.469 e. The molecule has 5 unspecified atom stereocenters. The number of phosphoric acid groups is 1. The van der Waals surface area contributed by atoms with Gasteiger partial charge in [0.2, 0.25) is 23.6 Å². The van der Waals surface area contributed by atoms with Gasteiger partial charge in [-0.25, -0.2) is 4.57 Å². The zero-order valence-electron chi connectivity index (χ0n) is 48.6. The first-order valence-electron chi connectivity index (χ1n) is 28.8. The van der Waals surface area contributed by atoms with Gasteiger partial charge in [0.15, 0.2) is 0 Å². The first-order chi connectivity index (χ1) is 36.7. The van der Waals surface area contributed by atoms with E-state index in [1.54, 1.807) is 4.90 Å². The Morgan fingerprint density at radius 1 is 0.481 bits per heavy atom. The first kappa shape index (κ1) is 70.9. The van der Waals surface area contributed by atoms with Crippen molar-refractivity contribution in [3.63, 3.8) is 0 Å². The van der Waals surface area contributed by atoms with Crippen molar-refractivity contribution in [2.24, 2.45) is 35.5 Å². The quantitative estimate of drug-likeness (QED) is 0.0271. The standard InChI is InChI=1S/C24H45NO3.C14H25NO3.C10H17NO3.C8H14NO7P/c1-3-4-5-6-7-8-9-10-11-12-13-14-15-16-17-18-19-25-21-22(20-23(25)26)24(27)28-2;1-4-6-7-11(5-2)9-15-10-12(8-13(15)16)14(17)18-3;1-7(2)5-11-6-8(4-9(11)12)10(13)14-3;1-15-8(11)6-4-7(10)9(5-6)2-3-16-17(12,13)14/h22H,3-21H2,1-2H3;11-12H,4-10H2,1-3H3;7-8H,4-6H2,1-3H3;6H,2-5H2,1H3,(H2,12,13,14). The molecular weight excluding hydrogens is 1020 g/mol. The van der Waals surface area contributed by atoms with Crippen LogP contribution >= 0.6 is 7.82 Å². The Balaban J connectivity index is 0.000000532. The molecule has 0 bridgehead atoms. The van der Waals surface area contributed by atoms with Crippen molar-refractivity contribution in [1.29, 1.82) is 0 Å². The van der Waals surface area contributed by atoms with Gasteiger partial charge in [0.25, 0.3) is 0 Å². The van der Waals surface area contributed by atoms with Crippen molar-refractivity contribution < 1.29 is 76.2 Å². The first-order valence-corrected chi connectivity index (χ1v) is 30.3. The topological polar surface area (TPSA) is 253 Å². The summed E-state index contributed by atoms with van der Waals surface area (Å²) in [4.78, 5) is 116. The molecular formula is C56H101N4O16P. The monoisotopic (exact) mass is 1120 g/mol. The average molecular weight is 1120 g/mol. The number of hydrogen-bond donors (Lipinski definition) is 2. The number of unbranched alkanes of at least 4 members (excludes halogenated alkanes) is 16. The smallest absolute Gasteiger partial charge is 0.469 e. The van der Waals surface area contributed by atoms with Crippen molar-refractivity contribution in [2.45, 2.75) is 189 Å². The van der Waals surface area contributed by atoms with Gasteiger partial charge in [-0.2, -0.15) is 0 Å². The highest BCUT2D eigenvalue weighted by molar-refractivity contribution is 7.46. The number of phosphoric ester groups is 1. The number of rotatable bonds is 33. The molecule has 0 saturated carbocycles. The third kappa shape index (κ3) is 30.7. The maximum atomic E-state index is 11.9. The summed E-state index contributed by atoms with van der Waals surface area (Å²) < 4.78 is 33.2. The maximum absolute atomic E-state index is 11.9. The number of carbonyl (C=O) groups excluding carboxylic acids is 8. The second-order valence-corrected chi connectivity index (χ2v) is 22.7. The molecule has 4 heterocycles. The minimum absolute atomic E-state index is 0.0391. The number of amides is 4. The van der Waals surface area contributed by atoms with E-state index in [1.165, 1.54) is 149 Å². The van der Waals surface area contributed by atoms with Gasteiger partial charge in [-0.05, 0) is 24.7 Å². The van der Waals surface area contributed by atoms with Crippen molar-refractivity contribution in [2.75, 3.05) is 87.4 Å². The van der Waals surface area contributed by atoms with Gasteiger partial charge in [-0.15, -0.1) is 0 Å². The molecule has 0 aromatic heterocycles. The van der Waals surface area contributed by atoms with Gasteiger partial charge in [-0.1, -0.05) is 150 Å². The van der Waals surface area contributed by atoms with Crippen LogP contribution in [-0.4, -0.2) is 164 Å². The second-order valence-electron chi connectivity index (χ2n) is 21.4. The SMILES string of the molecule is CCCCC(CC)CN1CC(C(=O)OC)CC1=O.CCCCCCCCCCCCCCCCCCN1CC(C(=O)OC)CC1=O.COC(=O)C1CC(=O)N(CC(C)C)C1.COC(=O)C1CC(=O)N(CCOP(=O)(O)O)C1. The number of ether oxygens (including phenoxy) is 4. The predicted molar refractivity (Wildman–Crippen MR) is 292 cm³/mol. The van der Waals surface area contributed by atoms with Crippen molar-refractivity contribution in [3.8, 4) is 0 Å². The average Bonchev–Trinajstić information content (AvgIpc) is 4.18. The van der Waals surface area contributed by atoms with Crippen LogP contribution in [0.25, 0.3) is 0 Å². The van der Waals surface area contributed by atoms with E-state index in [0.29, 0.717) is 50.7 Å². The highest BCUT2D eigenvalue weighted by Crippen LogP contribution is 2.35. The third-order valence-electron chi connectivity index (χ3n) is 14.5. The minimum atomic E-state index is -4.51. The van der Waals surface area contributed by atoms with Gasteiger partial charge >= 0.3 is 31.7 Å². The second kappa shape index (κ2) is 41.0. The van der Waals surface area contributed by atoms with E-state index in [9.17, 15) is 42.9 Å². The van der Waals surface area contributed by atoms with Crippen molar-refractivity contribution in [3.05, 3.63) is 0 Å². The van der Waals surface area contributed by atoms with E-state index in [0.717, 1.165) is 32.5 Å². The van der Waals surface area contributed by atoms with E-state index in [2.05, 4.69) is 48.6 Å². The Bertz CT molecular complexity index is 1800. The molecule has 446 valence electrons. The van der Waals surface area contributed by atoms with Crippen LogP contribution in [0.1, 0.15) is 189 Å². The van der Waals surface area contributed by atoms with Crippen LogP contribution in [0.3, 0.4) is 0 Å². The number of nitrogens with zero attached hydrogens (tertiary/aromatic N) is 4. The van der Waals surface area contributed by atoms with E-state index >= 15 is 0 Å². The summed E-state index contributed by atoms with van der Waals surface area (Å²) in [6.07, 6.45) is 27.4. The van der Waals surface area contributed by atoms with E-state index in [1.807, 2.05) is 9.80 Å². The molecule has 0 aliphatic carbocycles. The molecule has 4 aliphatic rings. The van der Waals surface area contributed by atoms with E-state index < -0.39 is 19.7 Å². The molecule has 4 rings (SSSR count). The zero-order chi connectivity index (χ0) is 57.8. The number of carbonyl (C=O) groups is 8. The molecule has 0 radical (unpaired) electrons. The Morgan fingerprint density at radius 2 is 0.792 bits per heavy atom. The molecule has 21 heteroatoms. The molecule has 0 aromatic carbocycles. The van der Waals surface area contributed by atoms with Gasteiger partial charge in [-0.3, -0.25) is 42.9 Å². The molecule has 4 aliphatic heterocycles. The van der Waals surface area contributed by atoms with Gasteiger partial charge in [0.1, 0.15) is 0 Å². The molecule has 0 aromatic rings. The fourth-order valence-electron chi connectivity index (χ4n) is 9.96. The summed E-state index contributed by atoms with van der Waals surface area (Å²) in [5.41, 5.74) is 0. The molecule has 4 saturated heterocycles. The Kier molecular flexibility index (Phi) is 37.7. The lowest BCUT2D eigenvalue weighted by molar-refractivity contribution is -0.145. The Hall–Kier alpha value is -4.13. The fraction of sp³-hybridized carbons (Fsp3) is 0.857. The minimum Gasteiger partial charge on any atom is -0.469 e. The highest BCUT2D eigenvalue weighted by atomic mass is 31.2. The Morgan fingerprint density at radius 3 is 1.12 bits per heavy atom. The lowest BCUT2D eigenvalue weighted by atomic mass is 9.99. The fourth-order valence-corrected chi connectivity index (χ4v) is 10.3. The van der Waals surface area contributed by atoms with Crippen LogP contribution in [0, 0.1) is 35.5 Å². The third-order valence-corrected chi connectivity index (χ3v) is 15.0. The van der Waals surface area contributed by atoms with E-state index in [4.69, 9.17) is 19.3 Å². The summed E-state index contributed by atoms with van der Waals surface area (Å²) in [5, 5.41) is 0. The summed E-state index contributed by atoms with van der Waals surface area (Å²) in [6.45, 7) is 14.6. The zero-order valence-corrected chi connectivity index (χ0v) is 49.5. The number of methoxy groups -OCH3 is 4. The van der Waals surface area contributed by atoms with Gasteiger partial charge in [0, 0.05) is 78.0 Å². The molecule has 4 amide bonds. The van der Waals surface area contributed by atoms with Crippen LogP contribution in [0.15, 0.2) is 0 Å². The summed E-state index contributed by atoms with van der Waals surface area (Å²) in [7, 11) is 0.864. The largest absolute Gasteiger partial charge is 0.469 e. The van der Waals surface area contributed by atoms with Crippen LogP contribution in [0.5, 0.6) is 0 Å². The van der Waals surface area contributed by atoms with Crippen molar-refractivity contribution in [1.82, 2.24) is 19.6 Å². The van der Waals surface area contributed by atoms with Crippen LogP contribution in [0.2, 0.25) is 0 Å².